The van der Waals surface area contributed by atoms with Crippen molar-refractivity contribution in [2.45, 2.75) is 23.8 Å². The van der Waals surface area contributed by atoms with Crippen molar-refractivity contribution in [3.05, 3.63) is 57.2 Å². The van der Waals surface area contributed by atoms with Gasteiger partial charge in [-0.3, -0.25) is 9.59 Å². The summed E-state index contributed by atoms with van der Waals surface area (Å²) in [5.74, 6) is -1.09. The van der Waals surface area contributed by atoms with Crippen molar-refractivity contribution in [3.8, 4) is 0 Å². The zero-order chi connectivity index (χ0) is 16.8. The van der Waals surface area contributed by atoms with E-state index in [4.69, 9.17) is 34.8 Å². The molecule has 0 saturated heterocycles. The van der Waals surface area contributed by atoms with E-state index in [0.29, 0.717) is 22.7 Å². The molecule has 0 bridgehead atoms. The minimum Gasteiger partial charge on any atom is -0.375 e. The molecule has 2 unspecified atom stereocenters. The molecule has 0 saturated carbocycles. The number of allylic oxidation sites excluding steroid dienone is 2. The Kier molecular flexibility index (Phi) is 4.27. The maximum atomic E-state index is 12.4. The van der Waals surface area contributed by atoms with Crippen LogP contribution >= 0.6 is 34.8 Å². The molecule has 23 heavy (non-hydrogen) atoms. The van der Waals surface area contributed by atoms with Crippen LogP contribution in [-0.4, -0.2) is 27.8 Å². The topological polar surface area (TPSA) is 66.4 Å². The van der Waals surface area contributed by atoms with Crippen LogP contribution in [0.1, 0.15) is 23.2 Å². The zero-order valence-electron chi connectivity index (χ0n) is 11.8. The second-order valence-corrected chi connectivity index (χ2v) is 6.84. The van der Waals surface area contributed by atoms with Gasteiger partial charge in [0.2, 0.25) is 0 Å². The molecule has 2 atom stereocenters. The van der Waals surface area contributed by atoms with E-state index < -0.39 is 29.1 Å². The second kappa shape index (κ2) is 5.95. The minimum absolute atomic E-state index is 0.192. The molecule has 2 aliphatic rings. The normalized spacial score (nSPS) is 26.7. The number of halogens is 3. The maximum absolute atomic E-state index is 12.4. The summed E-state index contributed by atoms with van der Waals surface area (Å²) in [6, 6.07) is 6.22. The van der Waals surface area contributed by atoms with Gasteiger partial charge in [-0.2, -0.15) is 0 Å². The van der Waals surface area contributed by atoms with Crippen molar-refractivity contribution >= 4 is 46.5 Å². The van der Waals surface area contributed by atoms with Gasteiger partial charge < -0.3 is 10.4 Å². The van der Waals surface area contributed by atoms with Gasteiger partial charge in [0.15, 0.2) is 11.4 Å². The first-order valence-corrected chi connectivity index (χ1v) is 8.09. The molecular weight excluding hydrogens is 361 g/mol. The summed E-state index contributed by atoms with van der Waals surface area (Å²) in [7, 11) is 0. The van der Waals surface area contributed by atoms with E-state index in [2.05, 4.69) is 5.32 Å². The third kappa shape index (κ3) is 2.81. The number of aliphatic hydroxyl groups is 1. The first kappa shape index (κ1) is 16.5. The summed E-state index contributed by atoms with van der Waals surface area (Å²) in [6.07, 6.45) is 1.66. The molecule has 1 aromatic carbocycles. The lowest BCUT2D eigenvalue weighted by Crippen LogP contribution is -2.43. The molecule has 120 valence electrons. The van der Waals surface area contributed by atoms with Crippen molar-refractivity contribution in [2.24, 2.45) is 0 Å². The number of nitrogens with one attached hydrogen (secondary N) is 1. The smallest absolute Gasteiger partial charge is 0.261 e. The molecule has 4 nitrogen and oxygen atoms in total. The van der Waals surface area contributed by atoms with Crippen LogP contribution in [0.25, 0.3) is 0 Å². The number of alkyl halides is 1. The number of hydrogen-bond donors (Lipinski definition) is 2. The average molecular weight is 373 g/mol. The maximum Gasteiger partial charge on any atom is 0.261 e. The van der Waals surface area contributed by atoms with Crippen LogP contribution in [-0.2, 0) is 4.79 Å². The lowest BCUT2D eigenvalue weighted by molar-refractivity contribution is -0.133. The molecule has 1 amide bonds. The fourth-order valence-electron chi connectivity index (χ4n) is 2.75. The number of hydrogen-bond acceptors (Lipinski definition) is 3. The molecule has 0 spiro atoms. The molecule has 3 rings (SSSR count). The highest BCUT2D eigenvalue weighted by Crippen LogP contribution is 2.42. The van der Waals surface area contributed by atoms with Gasteiger partial charge in [0.1, 0.15) is 0 Å². The summed E-state index contributed by atoms with van der Waals surface area (Å²) >= 11 is 18.1. The predicted molar refractivity (Wildman–Crippen MR) is 88.7 cm³/mol. The summed E-state index contributed by atoms with van der Waals surface area (Å²) in [4.78, 5) is 24.7. The van der Waals surface area contributed by atoms with Crippen molar-refractivity contribution in [3.63, 3.8) is 0 Å². The van der Waals surface area contributed by atoms with E-state index in [-0.39, 0.29) is 10.6 Å². The van der Waals surface area contributed by atoms with E-state index in [1.54, 1.807) is 30.3 Å². The Morgan fingerprint density at radius 1 is 1.30 bits per heavy atom. The molecular formula is C16H12Cl3NO3. The highest BCUT2D eigenvalue weighted by Gasteiger charge is 2.51. The summed E-state index contributed by atoms with van der Waals surface area (Å²) in [5.41, 5.74) is -1.11. The van der Waals surface area contributed by atoms with Crippen molar-refractivity contribution in [2.75, 3.05) is 0 Å². The van der Waals surface area contributed by atoms with E-state index in [9.17, 15) is 14.7 Å². The van der Waals surface area contributed by atoms with Crippen molar-refractivity contribution in [1.82, 2.24) is 5.32 Å². The van der Waals surface area contributed by atoms with Crippen LogP contribution in [0.3, 0.4) is 0 Å². The van der Waals surface area contributed by atoms with Crippen LogP contribution < -0.4 is 5.32 Å². The molecule has 7 heteroatoms. The molecule has 1 heterocycles. The van der Waals surface area contributed by atoms with Crippen LogP contribution in [0.15, 0.2) is 46.6 Å². The number of amides is 1. The lowest BCUT2D eigenvalue weighted by Gasteiger charge is -2.25. The van der Waals surface area contributed by atoms with Gasteiger partial charge >= 0.3 is 0 Å². The largest absolute Gasteiger partial charge is 0.375 e. The second-order valence-electron chi connectivity index (χ2n) is 5.47. The van der Waals surface area contributed by atoms with Crippen molar-refractivity contribution in [1.29, 1.82) is 0 Å². The number of benzene rings is 1. The molecule has 0 fully saturated rings. The number of ketones is 1. The van der Waals surface area contributed by atoms with Crippen LogP contribution in [0, 0.1) is 0 Å². The van der Waals surface area contributed by atoms with Gasteiger partial charge in [-0.05, 0) is 30.7 Å². The lowest BCUT2D eigenvalue weighted by atomic mass is 9.85. The molecule has 1 aromatic rings. The number of rotatable bonds is 3. The summed E-state index contributed by atoms with van der Waals surface area (Å²) in [5, 5.41) is 13.6. The highest BCUT2D eigenvalue weighted by molar-refractivity contribution is 6.34. The Morgan fingerprint density at radius 2 is 1.96 bits per heavy atom. The van der Waals surface area contributed by atoms with Crippen molar-refractivity contribution < 1.29 is 14.7 Å². The highest BCUT2D eigenvalue weighted by atomic mass is 35.5. The Hall–Kier alpha value is -1.33. The predicted octanol–water partition coefficient (Wildman–Crippen LogP) is 3.16. The first-order chi connectivity index (χ1) is 10.8. The first-order valence-electron chi connectivity index (χ1n) is 6.90. The van der Waals surface area contributed by atoms with Crippen LogP contribution in [0.5, 0.6) is 0 Å². The average Bonchev–Trinajstić information content (AvgIpc) is 2.77. The third-order valence-electron chi connectivity index (χ3n) is 3.95. The standard InChI is InChI=1S/C16H12Cl3NO3/c17-9-3-1-8(2-4-9)12(21)7-16(23)13-10(18)5-6-11(19)14(13)20-15(16)22/h1-5,11,23H,6-7H2,(H,20,22). The van der Waals surface area contributed by atoms with Gasteiger partial charge in [0.25, 0.3) is 5.91 Å². The molecule has 0 radical (unpaired) electrons. The van der Waals surface area contributed by atoms with Gasteiger partial charge in [0, 0.05) is 26.9 Å². The number of carbonyl (C=O) groups excluding carboxylic acids is 2. The van der Waals surface area contributed by atoms with E-state index in [1.807, 2.05) is 0 Å². The Bertz CT molecular complexity index is 754. The summed E-state index contributed by atoms with van der Waals surface area (Å²) in [6.45, 7) is 0. The van der Waals surface area contributed by atoms with E-state index in [0.717, 1.165) is 0 Å². The fraction of sp³-hybridized carbons (Fsp3) is 0.250. The third-order valence-corrected chi connectivity index (χ3v) is 4.94. The summed E-state index contributed by atoms with van der Waals surface area (Å²) < 4.78 is 0. The quantitative estimate of drug-likeness (QED) is 0.633. The Morgan fingerprint density at radius 3 is 2.61 bits per heavy atom. The Balaban J connectivity index is 1.94. The van der Waals surface area contributed by atoms with Gasteiger partial charge in [-0.25, -0.2) is 0 Å². The number of carbonyl (C=O) groups is 2. The molecule has 1 aliphatic carbocycles. The SMILES string of the molecule is O=C(CC1(O)C(=O)NC2=C1C(Cl)=CCC2Cl)c1ccc(Cl)cc1. The van der Waals surface area contributed by atoms with E-state index >= 15 is 0 Å². The van der Waals surface area contributed by atoms with Crippen LogP contribution in [0.2, 0.25) is 5.02 Å². The van der Waals surface area contributed by atoms with Gasteiger partial charge in [-0.1, -0.05) is 29.3 Å². The zero-order valence-corrected chi connectivity index (χ0v) is 14.0. The molecule has 1 aliphatic heterocycles. The minimum atomic E-state index is -2.02. The van der Waals surface area contributed by atoms with Gasteiger partial charge in [-0.15, -0.1) is 11.6 Å². The van der Waals surface area contributed by atoms with Gasteiger partial charge in [0.05, 0.1) is 11.8 Å². The van der Waals surface area contributed by atoms with E-state index in [1.165, 1.54) is 0 Å². The number of Topliss-reactive ketones (excluding diaryl/α,β-unsaturated/α-hetero) is 1. The molecule has 0 aromatic heterocycles. The Labute approximate surface area is 147 Å². The fourth-order valence-corrected chi connectivity index (χ4v) is 3.48. The molecule has 2 N–H and O–H groups in total. The monoisotopic (exact) mass is 371 g/mol. The van der Waals surface area contributed by atoms with Crippen LogP contribution in [0.4, 0.5) is 0 Å².